The maximum atomic E-state index is 12.5. The van der Waals surface area contributed by atoms with Crippen LogP contribution < -0.4 is 0 Å². The first-order chi connectivity index (χ1) is 11.5. The first-order valence-corrected chi connectivity index (χ1v) is 8.49. The molecule has 8 heteroatoms. The van der Waals surface area contributed by atoms with Crippen molar-refractivity contribution in [3.8, 4) is 0 Å². The van der Waals surface area contributed by atoms with Crippen molar-refractivity contribution in [1.29, 1.82) is 0 Å². The molecule has 8 nitrogen and oxygen atoms in total. The summed E-state index contributed by atoms with van der Waals surface area (Å²) >= 11 is 0. The largest absolute Gasteiger partial charge is 0.424 e. The molecule has 0 N–H and O–H groups in total. The van der Waals surface area contributed by atoms with Crippen LogP contribution in [0.15, 0.2) is 4.42 Å². The van der Waals surface area contributed by atoms with Crippen molar-refractivity contribution < 1.29 is 18.7 Å². The summed E-state index contributed by atoms with van der Waals surface area (Å²) in [7, 11) is 1.74. The maximum absolute atomic E-state index is 12.5. The van der Waals surface area contributed by atoms with Crippen LogP contribution in [0.4, 0.5) is 0 Å². The van der Waals surface area contributed by atoms with Crippen molar-refractivity contribution in [2.75, 3.05) is 26.7 Å². The lowest BCUT2D eigenvalue weighted by molar-refractivity contribution is -0.145. The molecule has 2 aliphatic rings. The molecule has 1 atom stereocenters. The van der Waals surface area contributed by atoms with Gasteiger partial charge >= 0.3 is 0 Å². The molecule has 2 aliphatic heterocycles. The Hall–Kier alpha value is -1.96. The molecule has 0 saturated carbocycles. The highest BCUT2D eigenvalue weighted by Crippen LogP contribution is 2.23. The number of amides is 2. The number of aromatic nitrogens is 2. The second-order valence-corrected chi connectivity index (χ2v) is 6.51. The van der Waals surface area contributed by atoms with Gasteiger partial charge in [-0.3, -0.25) is 9.59 Å². The monoisotopic (exact) mass is 336 g/mol. The Labute approximate surface area is 141 Å². The van der Waals surface area contributed by atoms with E-state index in [1.54, 1.807) is 18.9 Å². The van der Waals surface area contributed by atoms with Gasteiger partial charge in [-0.1, -0.05) is 0 Å². The van der Waals surface area contributed by atoms with Crippen molar-refractivity contribution in [1.82, 2.24) is 20.0 Å². The number of hydrogen-bond acceptors (Lipinski definition) is 6. The third-order valence-electron chi connectivity index (χ3n) is 4.68. The molecule has 0 aliphatic carbocycles. The van der Waals surface area contributed by atoms with Gasteiger partial charge in [0.25, 0.3) is 5.91 Å². The number of ether oxygens (including phenoxy) is 1. The van der Waals surface area contributed by atoms with Gasteiger partial charge < -0.3 is 19.0 Å². The third kappa shape index (κ3) is 3.75. The lowest BCUT2D eigenvalue weighted by Gasteiger charge is -2.34. The Morgan fingerprint density at radius 2 is 2.00 bits per heavy atom. The lowest BCUT2D eigenvalue weighted by atomic mass is 9.95. The molecule has 132 valence electrons. The van der Waals surface area contributed by atoms with E-state index >= 15 is 0 Å². The van der Waals surface area contributed by atoms with E-state index in [1.165, 1.54) is 0 Å². The SMILES string of the molecule is Cc1nnc(CN(C)C(=O)C2CCN(C(=O)C3CCCO3)CC2)o1. The minimum atomic E-state index is -0.277. The van der Waals surface area contributed by atoms with Gasteiger partial charge in [-0.25, -0.2) is 0 Å². The van der Waals surface area contributed by atoms with Gasteiger partial charge in [0.2, 0.25) is 17.7 Å². The molecule has 3 rings (SSSR count). The van der Waals surface area contributed by atoms with Crippen molar-refractivity contribution in [2.45, 2.75) is 45.3 Å². The molecule has 24 heavy (non-hydrogen) atoms. The topological polar surface area (TPSA) is 88.8 Å². The van der Waals surface area contributed by atoms with Crippen LogP contribution in [-0.4, -0.2) is 64.7 Å². The average molecular weight is 336 g/mol. The average Bonchev–Trinajstić information content (AvgIpc) is 3.25. The molecule has 2 fully saturated rings. The fourth-order valence-electron chi connectivity index (χ4n) is 3.32. The molecule has 2 saturated heterocycles. The van der Waals surface area contributed by atoms with E-state index in [2.05, 4.69) is 10.2 Å². The fourth-order valence-corrected chi connectivity index (χ4v) is 3.32. The third-order valence-corrected chi connectivity index (χ3v) is 4.68. The summed E-state index contributed by atoms with van der Waals surface area (Å²) in [6, 6.07) is 0. The van der Waals surface area contributed by atoms with Crippen LogP contribution in [0.1, 0.15) is 37.5 Å². The number of rotatable bonds is 4. The Morgan fingerprint density at radius 1 is 1.25 bits per heavy atom. The summed E-state index contributed by atoms with van der Waals surface area (Å²) in [5.41, 5.74) is 0. The highest BCUT2D eigenvalue weighted by Gasteiger charge is 2.33. The van der Waals surface area contributed by atoms with E-state index in [4.69, 9.17) is 9.15 Å². The van der Waals surface area contributed by atoms with Crippen molar-refractivity contribution in [3.63, 3.8) is 0 Å². The van der Waals surface area contributed by atoms with Crippen LogP contribution in [0.25, 0.3) is 0 Å². The van der Waals surface area contributed by atoms with Gasteiger partial charge in [-0.2, -0.15) is 0 Å². The van der Waals surface area contributed by atoms with Gasteiger partial charge in [0, 0.05) is 39.6 Å². The van der Waals surface area contributed by atoms with Crippen molar-refractivity contribution >= 4 is 11.8 Å². The Bertz CT molecular complexity index is 589. The van der Waals surface area contributed by atoms with E-state index in [1.807, 2.05) is 4.90 Å². The van der Waals surface area contributed by atoms with Gasteiger partial charge in [0.15, 0.2) is 0 Å². The number of aryl methyl sites for hydroxylation is 1. The minimum Gasteiger partial charge on any atom is -0.424 e. The fraction of sp³-hybridized carbons (Fsp3) is 0.750. The molecule has 0 bridgehead atoms. The van der Waals surface area contributed by atoms with E-state index in [0.717, 1.165) is 12.8 Å². The summed E-state index contributed by atoms with van der Waals surface area (Å²) in [5, 5.41) is 7.68. The summed E-state index contributed by atoms with van der Waals surface area (Å²) in [5.74, 6) is 1.01. The van der Waals surface area contributed by atoms with Gasteiger partial charge in [-0.15, -0.1) is 10.2 Å². The lowest BCUT2D eigenvalue weighted by Crippen LogP contribution is -2.46. The quantitative estimate of drug-likeness (QED) is 0.806. The minimum absolute atomic E-state index is 0.0624. The zero-order valence-electron chi connectivity index (χ0n) is 14.2. The summed E-state index contributed by atoms with van der Waals surface area (Å²) in [6.07, 6.45) is 2.85. The molecule has 1 aromatic heterocycles. The van der Waals surface area contributed by atoms with Gasteiger partial charge in [0.05, 0.1) is 6.54 Å². The molecule has 0 radical (unpaired) electrons. The number of carbonyl (C=O) groups is 2. The van der Waals surface area contributed by atoms with Gasteiger partial charge in [-0.05, 0) is 25.7 Å². The molecule has 3 heterocycles. The number of likely N-dealkylation sites (tertiary alicyclic amines) is 1. The Morgan fingerprint density at radius 3 is 2.58 bits per heavy atom. The van der Waals surface area contributed by atoms with Crippen LogP contribution >= 0.6 is 0 Å². The number of hydrogen-bond donors (Lipinski definition) is 0. The summed E-state index contributed by atoms with van der Waals surface area (Å²) in [6.45, 7) is 3.93. The van der Waals surface area contributed by atoms with E-state index in [9.17, 15) is 9.59 Å². The Kier molecular flexibility index (Phi) is 5.13. The van der Waals surface area contributed by atoms with E-state index in [0.29, 0.717) is 50.9 Å². The van der Waals surface area contributed by atoms with Crippen LogP contribution in [0.5, 0.6) is 0 Å². The normalized spacial score (nSPS) is 21.9. The van der Waals surface area contributed by atoms with Crippen LogP contribution in [0, 0.1) is 12.8 Å². The second-order valence-electron chi connectivity index (χ2n) is 6.51. The number of carbonyl (C=O) groups excluding carboxylic acids is 2. The molecular weight excluding hydrogens is 312 g/mol. The molecule has 2 amide bonds. The smallest absolute Gasteiger partial charge is 0.251 e. The molecule has 0 aromatic carbocycles. The summed E-state index contributed by atoms with van der Waals surface area (Å²) in [4.78, 5) is 28.3. The van der Waals surface area contributed by atoms with Crippen LogP contribution in [0.3, 0.4) is 0 Å². The summed E-state index contributed by atoms with van der Waals surface area (Å²) < 4.78 is 10.8. The van der Waals surface area contributed by atoms with Crippen molar-refractivity contribution in [3.05, 3.63) is 11.8 Å². The van der Waals surface area contributed by atoms with E-state index in [-0.39, 0.29) is 23.8 Å². The highest BCUT2D eigenvalue weighted by atomic mass is 16.5. The van der Waals surface area contributed by atoms with Crippen LogP contribution in [0.2, 0.25) is 0 Å². The molecule has 0 spiro atoms. The zero-order valence-corrected chi connectivity index (χ0v) is 14.2. The highest BCUT2D eigenvalue weighted by molar-refractivity contribution is 5.82. The van der Waals surface area contributed by atoms with Crippen LogP contribution in [-0.2, 0) is 20.9 Å². The van der Waals surface area contributed by atoms with Crippen molar-refractivity contribution in [2.24, 2.45) is 5.92 Å². The van der Waals surface area contributed by atoms with Gasteiger partial charge in [0.1, 0.15) is 6.10 Å². The standard InChI is InChI=1S/C16H24N4O4/c1-11-17-18-14(24-11)10-19(2)15(21)12-5-7-20(8-6-12)16(22)13-4-3-9-23-13/h12-13H,3-10H2,1-2H3. The first kappa shape index (κ1) is 16.9. The maximum Gasteiger partial charge on any atom is 0.251 e. The molecule has 1 unspecified atom stereocenters. The number of piperidine rings is 1. The second kappa shape index (κ2) is 7.29. The molecular formula is C16H24N4O4. The predicted octanol–water partition coefficient (Wildman–Crippen LogP) is 0.754. The number of nitrogens with zero attached hydrogens (tertiary/aromatic N) is 4. The Balaban J connectivity index is 1.48. The first-order valence-electron chi connectivity index (χ1n) is 8.49. The zero-order chi connectivity index (χ0) is 17.1. The molecule has 1 aromatic rings. The van der Waals surface area contributed by atoms with E-state index < -0.39 is 0 Å². The predicted molar refractivity (Wildman–Crippen MR) is 83.8 cm³/mol.